The number of rotatable bonds is 48. The molecule has 0 bridgehead atoms. The molecule has 1 N–H and O–H groups in total. The maximum absolute atomic E-state index is 10.3. The molecule has 0 amide bonds. The molecule has 0 atom stereocenters. The smallest absolute Gasteiger partial charge is 0.852 e. The molecule has 0 aliphatic carbocycles. The first-order chi connectivity index (χ1) is 31.0. The Balaban J connectivity index is -0.000000263. The fourth-order valence-electron chi connectivity index (χ4n) is 7.93. The molecule has 386 valence electrons. The molecule has 0 heterocycles. The minimum absolute atomic E-state index is 0. The van der Waals surface area contributed by atoms with Crippen LogP contribution in [-0.4, -0.2) is 46.5 Å². The summed E-state index contributed by atoms with van der Waals surface area (Å²) in [6.07, 6.45) is 59.5. The van der Waals surface area contributed by atoms with Crippen LogP contribution in [0.4, 0.5) is 0 Å². The van der Waals surface area contributed by atoms with Crippen molar-refractivity contribution < 1.29 is 34.8 Å². The molecule has 0 radical (unpaired) electrons. The van der Waals surface area contributed by atoms with E-state index >= 15 is 0 Å². The standard InChI is InChI=1S/3C18H36O2.C3H7O.Al/c3*1-2-3-4-5-6-7-8-9-10-11-12-13-14-15-16-17-18(19)20;1-3(2)4;/h3*2-17H2,1H3,(H,19,20);3H,1-2H3;/q;;;-1;+3/p-2. The molecule has 0 aromatic carbocycles. The van der Waals surface area contributed by atoms with E-state index in [-0.39, 0.29) is 30.2 Å². The van der Waals surface area contributed by atoms with Gasteiger partial charge in [0.25, 0.3) is 0 Å². The molecule has 7 nitrogen and oxygen atoms in total. The van der Waals surface area contributed by atoms with Crippen molar-refractivity contribution in [1.82, 2.24) is 0 Å². The third kappa shape index (κ3) is 93.7. The molecule has 0 saturated carbocycles. The Morgan fingerprint density at radius 2 is 0.431 bits per heavy atom. The van der Waals surface area contributed by atoms with Crippen molar-refractivity contribution in [2.24, 2.45) is 0 Å². The normalized spacial score (nSPS) is 10.6. The molecule has 0 aliphatic rings. The number of hydrogen-bond acceptors (Lipinski definition) is 6. The van der Waals surface area contributed by atoms with Gasteiger partial charge in [-0.2, -0.15) is 0 Å². The van der Waals surface area contributed by atoms with Gasteiger partial charge in [-0.1, -0.05) is 304 Å². The summed E-state index contributed by atoms with van der Waals surface area (Å²) in [5.74, 6) is -2.46. The number of hydrogen-bond donors (Lipinski definition) is 1. The van der Waals surface area contributed by atoms with Crippen molar-refractivity contribution in [2.45, 2.75) is 349 Å². The SMILES string of the molecule is CC(C)[O-].CCCCCCCCCCCCCCCCCC(=O)O.CCCCCCCCCCCCCCCCCC(=O)[O-].CCCCCCCCCCCCCCCCCC(=O)[O-].[Al+3]. The van der Waals surface area contributed by atoms with Crippen LogP contribution in [0.5, 0.6) is 0 Å². The average Bonchev–Trinajstić information content (AvgIpc) is 3.25. The van der Waals surface area contributed by atoms with Gasteiger partial charge in [0.05, 0.1) is 0 Å². The first-order valence-corrected chi connectivity index (χ1v) is 28.3. The molecule has 0 rings (SSSR count). The third-order valence-corrected chi connectivity index (χ3v) is 12.0. The second-order valence-corrected chi connectivity index (χ2v) is 19.3. The number of carbonyl (C=O) groups is 3. The first-order valence-electron chi connectivity index (χ1n) is 28.3. The maximum Gasteiger partial charge on any atom is 3.00 e. The van der Waals surface area contributed by atoms with E-state index in [9.17, 15) is 29.7 Å². The van der Waals surface area contributed by atoms with E-state index in [0.717, 1.165) is 38.5 Å². The van der Waals surface area contributed by atoms with E-state index in [2.05, 4.69) is 20.8 Å². The van der Waals surface area contributed by atoms with Crippen molar-refractivity contribution in [3.05, 3.63) is 0 Å². The Morgan fingerprint density at radius 1 is 0.308 bits per heavy atom. The van der Waals surface area contributed by atoms with Gasteiger partial charge < -0.3 is 30.0 Å². The predicted octanol–water partition coefficient (Wildman–Crippen LogP) is 15.7. The minimum atomic E-state index is -0.903. The molecule has 0 aromatic rings. The molecular weight excluding hydrogens is 824 g/mol. The Hall–Kier alpha value is -1.10. The van der Waals surface area contributed by atoms with E-state index in [1.54, 1.807) is 13.8 Å². The van der Waals surface area contributed by atoms with Crippen molar-refractivity contribution >= 4 is 35.3 Å². The summed E-state index contributed by atoms with van der Waals surface area (Å²) in [7, 11) is 0. The molecule has 0 saturated heterocycles. The summed E-state index contributed by atoms with van der Waals surface area (Å²) in [4.78, 5) is 30.8. The van der Waals surface area contributed by atoms with Gasteiger partial charge >= 0.3 is 23.3 Å². The van der Waals surface area contributed by atoms with Crippen molar-refractivity contribution in [3.8, 4) is 0 Å². The van der Waals surface area contributed by atoms with Crippen LogP contribution in [0.2, 0.25) is 0 Å². The molecule has 0 aliphatic heterocycles. The van der Waals surface area contributed by atoms with Gasteiger partial charge in [0.1, 0.15) is 0 Å². The van der Waals surface area contributed by atoms with E-state index < -0.39 is 24.0 Å². The summed E-state index contributed by atoms with van der Waals surface area (Å²) < 4.78 is 0. The van der Waals surface area contributed by atoms with Crippen LogP contribution in [0.1, 0.15) is 343 Å². The molecule has 0 fully saturated rings. The van der Waals surface area contributed by atoms with Crippen LogP contribution in [0.25, 0.3) is 0 Å². The average molecular weight is 938 g/mol. The summed E-state index contributed by atoms with van der Waals surface area (Å²) in [5.41, 5.74) is 0. The third-order valence-electron chi connectivity index (χ3n) is 12.0. The number of aliphatic carboxylic acids is 3. The molecule has 0 unspecified atom stereocenters. The Kier molecular flexibility index (Phi) is 77.9. The molecular formula is C57H113AlO7. The summed E-state index contributed by atoms with van der Waals surface area (Å²) in [6, 6.07) is 0. The summed E-state index contributed by atoms with van der Waals surface area (Å²) in [5, 5.41) is 38.5. The van der Waals surface area contributed by atoms with E-state index in [1.165, 1.54) is 250 Å². The van der Waals surface area contributed by atoms with Gasteiger partial charge in [-0.25, -0.2) is 0 Å². The van der Waals surface area contributed by atoms with Crippen LogP contribution in [0.3, 0.4) is 0 Å². The van der Waals surface area contributed by atoms with Gasteiger partial charge in [-0.15, -0.1) is 6.10 Å². The van der Waals surface area contributed by atoms with Crippen LogP contribution in [0.15, 0.2) is 0 Å². The second kappa shape index (κ2) is 69.5. The Morgan fingerprint density at radius 3 is 0.554 bits per heavy atom. The van der Waals surface area contributed by atoms with Gasteiger partial charge in [0.15, 0.2) is 0 Å². The first kappa shape index (κ1) is 72.9. The van der Waals surface area contributed by atoms with Gasteiger partial charge in [-0.3, -0.25) is 4.79 Å². The van der Waals surface area contributed by atoms with Crippen molar-refractivity contribution in [2.75, 3.05) is 0 Å². The minimum Gasteiger partial charge on any atom is -0.852 e. The summed E-state index contributed by atoms with van der Waals surface area (Å²) >= 11 is 0. The Labute approximate surface area is 417 Å². The Bertz CT molecular complexity index is 761. The number of carboxylic acid groups (broad SMARTS) is 3. The van der Waals surface area contributed by atoms with Crippen LogP contribution >= 0.6 is 0 Å². The van der Waals surface area contributed by atoms with E-state index in [0.29, 0.717) is 6.42 Å². The largest absolute Gasteiger partial charge is 3.00 e. The number of carbonyl (C=O) groups excluding carboxylic acids is 2. The molecule has 8 heteroatoms. The van der Waals surface area contributed by atoms with E-state index in [1.807, 2.05) is 0 Å². The zero-order valence-electron chi connectivity index (χ0n) is 44.5. The topological polar surface area (TPSA) is 141 Å². The van der Waals surface area contributed by atoms with E-state index in [4.69, 9.17) is 5.11 Å². The quantitative estimate of drug-likeness (QED) is 0.0473. The second-order valence-electron chi connectivity index (χ2n) is 19.3. The van der Waals surface area contributed by atoms with Gasteiger partial charge in [0, 0.05) is 18.4 Å². The maximum atomic E-state index is 10.3. The zero-order valence-corrected chi connectivity index (χ0v) is 45.6. The van der Waals surface area contributed by atoms with Crippen molar-refractivity contribution in [3.63, 3.8) is 0 Å². The van der Waals surface area contributed by atoms with Crippen LogP contribution in [-0.2, 0) is 14.4 Å². The number of unbranched alkanes of at least 4 members (excludes halogenated alkanes) is 42. The van der Waals surface area contributed by atoms with Crippen LogP contribution < -0.4 is 15.3 Å². The van der Waals surface area contributed by atoms with Crippen LogP contribution in [0, 0.1) is 0 Å². The van der Waals surface area contributed by atoms with Gasteiger partial charge in [0.2, 0.25) is 0 Å². The fraction of sp³-hybridized carbons (Fsp3) is 0.947. The van der Waals surface area contributed by atoms with Gasteiger partial charge in [-0.05, 0) is 32.1 Å². The molecule has 0 spiro atoms. The monoisotopic (exact) mass is 937 g/mol. The van der Waals surface area contributed by atoms with Crippen molar-refractivity contribution in [1.29, 1.82) is 0 Å². The zero-order chi connectivity index (χ0) is 48.3. The number of carboxylic acids is 3. The summed E-state index contributed by atoms with van der Waals surface area (Å²) in [6.45, 7) is 10.0. The molecule has 0 aromatic heterocycles. The fourth-order valence-corrected chi connectivity index (χ4v) is 7.93. The predicted molar refractivity (Wildman–Crippen MR) is 277 cm³/mol. The molecule has 65 heavy (non-hydrogen) atoms.